The fourth-order valence-electron chi connectivity index (χ4n) is 2.46. The molecule has 2 rings (SSSR count). The van der Waals surface area contributed by atoms with Gasteiger partial charge in [-0.05, 0) is 38.6 Å². The highest BCUT2D eigenvalue weighted by Crippen LogP contribution is 2.15. The first-order chi connectivity index (χ1) is 9.77. The van der Waals surface area contributed by atoms with Gasteiger partial charge in [-0.2, -0.15) is 0 Å². The number of nitrogens with zero attached hydrogens (tertiary/aromatic N) is 2. The van der Waals surface area contributed by atoms with E-state index in [1.165, 1.54) is 12.8 Å². The number of likely N-dealkylation sites (N-methyl/N-ethyl adjacent to an activating group) is 1. The number of hydrogen-bond donors (Lipinski definition) is 1. The van der Waals surface area contributed by atoms with Gasteiger partial charge in [0.2, 0.25) is 5.91 Å². The summed E-state index contributed by atoms with van der Waals surface area (Å²) in [4.78, 5) is 18.6. The normalized spacial score (nSPS) is 20.4. The molecule has 0 aliphatic carbocycles. The lowest BCUT2D eigenvalue weighted by molar-refractivity contribution is -0.125. The van der Waals surface area contributed by atoms with Crippen LogP contribution in [0, 0.1) is 0 Å². The number of rotatable bonds is 5. The molecule has 0 unspecified atom stereocenters. The number of likely N-dealkylation sites (tertiary alicyclic amines) is 1. The van der Waals surface area contributed by atoms with Gasteiger partial charge in [-0.15, -0.1) is 11.8 Å². The summed E-state index contributed by atoms with van der Waals surface area (Å²) in [5, 5.41) is 4.06. The molecule has 1 aromatic rings. The second kappa shape index (κ2) is 8.27. The van der Waals surface area contributed by atoms with Gasteiger partial charge in [0.1, 0.15) is 0 Å². The zero-order chi connectivity index (χ0) is 14.2. The van der Waals surface area contributed by atoms with Crippen molar-refractivity contribution < 1.29 is 4.79 Å². The molecule has 0 spiro atoms. The molecule has 1 fully saturated rings. The highest BCUT2D eigenvalue weighted by atomic mass is 32.2. The second-order valence-electron chi connectivity index (χ2n) is 5.15. The molecule has 1 atom stereocenters. The van der Waals surface area contributed by atoms with Crippen LogP contribution < -0.4 is 5.32 Å². The summed E-state index contributed by atoms with van der Waals surface area (Å²) < 4.78 is 0. The molecule has 5 heteroatoms. The van der Waals surface area contributed by atoms with Crippen LogP contribution in [0.4, 0.5) is 0 Å². The molecule has 2 heterocycles. The molecule has 1 saturated heterocycles. The van der Waals surface area contributed by atoms with Gasteiger partial charge in [-0.25, -0.2) is 4.98 Å². The van der Waals surface area contributed by atoms with E-state index in [1.54, 1.807) is 18.0 Å². The average molecular weight is 293 g/mol. The van der Waals surface area contributed by atoms with Gasteiger partial charge < -0.3 is 5.32 Å². The van der Waals surface area contributed by atoms with Crippen LogP contribution in [0.3, 0.4) is 0 Å². The maximum atomic E-state index is 12.2. The molecule has 0 aromatic carbocycles. The monoisotopic (exact) mass is 293 g/mol. The van der Waals surface area contributed by atoms with Gasteiger partial charge in [0.05, 0.1) is 11.1 Å². The zero-order valence-electron chi connectivity index (χ0n) is 12.0. The molecule has 4 nitrogen and oxygen atoms in total. The van der Waals surface area contributed by atoms with Crippen molar-refractivity contribution in [2.75, 3.05) is 25.9 Å². The van der Waals surface area contributed by atoms with Crippen LogP contribution in [0.1, 0.15) is 25.7 Å². The SMILES string of the molecule is CN1CCCCC[C@@H]1C(=O)NCCSc1ccccn1. The molecule has 110 valence electrons. The van der Waals surface area contributed by atoms with Crippen LogP contribution in [0.2, 0.25) is 0 Å². The van der Waals surface area contributed by atoms with Crippen LogP contribution >= 0.6 is 11.8 Å². The molecule has 1 N–H and O–H groups in total. The Hall–Kier alpha value is -1.07. The van der Waals surface area contributed by atoms with E-state index in [4.69, 9.17) is 0 Å². The average Bonchev–Trinajstić information content (AvgIpc) is 2.69. The van der Waals surface area contributed by atoms with E-state index < -0.39 is 0 Å². The minimum atomic E-state index is 0.0531. The first kappa shape index (κ1) is 15.3. The highest BCUT2D eigenvalue weighted by molar-refractivity contribution is 7.99. The molecule has 0 saturated carbocycles. The maximum absolute atomic E-state index is 12.2. The summed E-state index contributed by atoms with van der Waals surface area (Å²) in [5.74, 6) is 1.04. The third-order valence-corrected chi connectivity index (χ3v) is 4.56. The van der Waals surface area contributed by atoms with E-state index in [-0.39, 0.29) is 11.9 Å². The summed E-state index contributed by atoms with van der Waals surface area (Å²) in [6.07, 6.45) is 6.38. The smallest absolute Gasteiger partial charge is 0.237 e. The molecule has 0 radical (unpaired) electrons. The van der Waals surface area contributed by atoms with Crippen LogP contribution in [0.5, 0.6) is 0 Å². The lowest BCUT2D eigenvalue weighted by Gasteiger charge is -2.24. The van der Waals surface area contributed by atoms with Gasteiger partial charge in [-0.1, -0.05) is 18.9 Å². The van der Waals surface area contributed by atoms with Crippen LogP contribution in [0.25, 0.3) is 0 Å². The van der Waals surface area contributed by atoms with E-state index in [0.29, 0.717) is 6.54 Å². The van der Waals surface area contributed by atoms with Crippen molar-refractivity contribution in [2.45, 2.75) is 36.8 Å². The quantitative estimate of drug-likeness (QED) is 0.667. The summed E-state index contributed by atoms with van der Waals surface area (Å²) in [5.41, 5.74) is 0. The lowest BCUT2D eigenvalue weighted by atomic mass is 10.1. The Bertz CT molecular complexity index is 413. The Balaban J connectivity index is 1.69. The Labute approximate surface area is 125 Å². The number of hydrogen-bond acceptors (Lipinski definition) is 4. The molecule has 1 amide bonds. The van der Waals surface area contributed by atoms with Gasteiger partial charge in [0, 0.05) is 18.5 Å². The van der Waals surface area contributed by atoms with Crippen molar-refractivity contribution in [1.82, 2.24) is 15.2 Å². The first-order valence-electron chi connectivity index (χ1n) is 7.29. The predicted molar refractivity (Wildman–Crippen MR) is 82.9 cm³/mol. The molecule has 20 heavy (non-hydrogen) atoms. The van der Waals surface area contributed by atoms with E-state index in [1.807, 2.05) is 18.2 Å². The summed E-state index contributed by atoms with van der Waals surface area (Å²) >= 11 is 1.67. The van der Waals surface area contributed by atoms with Crippen molar-refractivity contribution in [3.8, 4) is 0 Å². The molecule has 1 aliphatic rings. The van der Waals surface area contributed by atoms with Crippen molar-refractivity contribution in [1.29, 1.82) is 0 Å². The van der Waals surface area contributed by atoms with Crippen molar-refractivity contribution in [2.24, 2.45) is 0 Å². The summed E-state index contributed by atoms with van der Waals surface area (Å²) in [6, 6.07) is 5.94. The zero-order valence-corrected chi connectivity index (χ0v) is 12.9. The number of thioether (sulfide) groups is 1. The maximum Gasteiger partial charge on any atom is 0.237 e. The summed E-state index contributed by atoms with van der Waals surface area (Å²) in [6.45, 7) is 1.73. The topological polar surface area (TPSA) is 45.2 Å². The third-order valence-electron chi connectivity index (χ3n) is 3.61. The van der Waals surface area contributed by atoms with Crippen molar-refractivity contribution in [3.05, 3.63) is 24.4 Å². The minimum absolute atomic E-state index is 0.0531. The predicted octanol–water partition coefficient (Wildman–Crippen LogP) is 2.16. The molecule has 1 aliphatic heterocycles. The number of pyridine rings is 1. The second-order valence-corrected chi connectivity index (χ2v) is 6.27. The van der Waals surface area contributed by atoms with Crippen LogP contribution in [-0.2, 0) is 4.79 Å². The van der Waals surface area contributed by atoms with E-state index in [0.717, 1.165) is 30.2 Å². The number of carbonyl (C=O) groups excluding carboxylic acids is 1. The molecule has 0 bridgehead atoms. The first-order valence-corrected chi connectivity index (χ1v) is 8.28. The standard InChI is InChI=1S/C15H23N3OS/c1-18-11-6-2-3-7-13(18)15(19)17-10-12-20-14-8-4-5-9-16-14/h4-5,8-9,13H,2-3,6-7,10-12H2,1H3,(H,17,19)/t13-/m1/s1. The molecular weight excluding hydrogens is 270 g/mol. The fourth-order valence-corrected chi connectivity index (χ4v) is 3.19. The number of nitrogens with one attached hydrogen (secondary N) is 1. The Morgan fingerprint density at radius 1 is 1.45 bits per heavy atom. The van der Waals surface area contributed by atoms with Crippen molar-refractivity contribution >= 4 is 17.7 Å². The summed E-state index contributed by atoms with van der Waals surface area (Å²) in [7, 11) is 2.05. The van der Waals surface area contributed by atoms with E-state index in [2.05, 4.69) is 22.2 Å². The highest BCUT2D eigenvalue weighted by Gasteiger charge is 2.23. The van der Waals surface area contributed by atoms with Gasteiger partial charge in [-0.3, -0.25) is 9.69 Å². The number of aromatic nitrogens is 1. The van der Waals surface area contributed by atoms with Gasteiger partial charge in [0.15, 0.2) is 0 Å². The minimum Gasteiger partial charge on any atom is -0.354 e. The fraction of sp³-hybridized carbons (Fsp3) is 0.600. The number of carbonyl (C=O) groups is 1. The Morgan fingerprint density at radius 2 is 2.35 bits per heavy atom. The van der Waals surface area contributed by atoms with Gasteiger partial charge in [0.25, 0.3) is 0 Å². The van der Waals surface area contributed by atoms with Crippen LogP contribution in [0.15, 0.2) is 29.4 Å². The van der Waals surface area contributed by atoms with E-state index >= 15 is 0 Å². The van der Waals surface area contributed by atoms with Crippen LogP contribution in [-0.4, -0.2) is 47.7 Å². The Kier molecular flexibility index (Phi) is 6.33. The van der Waals surface area contributed by atoms with Crippen molar-refractivity contribution in [3.63, 3.8) is 0 Å². The number of amides is 1. The lowest BCUT2D eigenvalue weighted by Crippen LogP contribution is -2.45. The van der Waals surface area contributed by atoms with Gasteiger partial charge >= 0.3 is 0 Å². The largest absolute Gasteiger partial charge is 0.354 e. The molecular formula is C15H23N3OS. The van der Waals surface area contributed by atoms with E-state index in [9.17, 15) is 4.79 Å². The Morgan fingerprint density at radius 3 is 3.15 bits per heavy atom. The third kappa shape index (κ3) is 4.80. The molecule has 1 aromatic heterocycles.